The molecule has 2 heterocycles. The van der Waals surface area contributed by atoms with Crippen LogP contribution in [0.2, 0.25) is 0 Å². The molecule has 3 aromatic rings. The van der Waals surface area contributed by atoms with E-state index < -0.39 is 0 Å². The lowest BCUT2D eigenvalue weighted by molar-refractivity contribution is -0.133. The van der Waals surface area contributed by atoms with E-state index in [2.05, 4.69) is 0 Å². The molecule has 0 spiro atoms. The van der Waals surface area contributed by atoms with Crippen molar-refractivity contribution >= 4 is 23.2 Å². The molecule has 1 atom stereocenters. The second kappa shape index (κ2) is 11.8. The molecule has 2 amide bonds. The van der Waals surface area contributed by atoms with Gasteiger partial charge in [-0.15, -0.1) is 11.3 Å². The Hall–Kier alpha value is -3.16. The van der Waals surface area contributed by atoms with Crippen molar-refractivity contribution in [2.24, 2.45) is 0 Å². The number of thiophene rings is 1. The fourth-order valence-electron chi connectivity index (χ4n) is 4.08. The molecule has 34 heavy (non-hydrogen) atoms. The van der Waals surface area contributed by atoms with Crippen LogP contribution in [-0.4, -0.2) is 54.5 Å². The van der Waals surface area contributed by atoms with Crippen molar-refractivity contribution in [3.05, 3.63) is 88.1 Å². The summed E-state index contributed by atoms with van der Waals surface area (Å²) in [5.41, 5.74) is 1.55. The molecule has 1 saturated heterocycles. The van der Waals surface area contributed by atoms with Gasteiger partial charge in [-0.1, -0.05) is 42.5 Å². The molecule has 0 saturated carbocycles. The molecule has 1 aliphatic rings. The van der Waals surface area contributed by atoms with Crippen LogP contribution in [0.25, 0.3) is 0 Å². The van der Waals surface area contributed by atoms with Crippen molar-refractivity contribution < 1.29 is 19.1 Å². The van der Waals surface area contributed by atoms with E-state index in [0.717, 1.165) is 23.3 Å². The van der Waals surface area contributed by atoms with Gasteiger partial charge in [-0.2, -0.15) is 0 Å². The van der Waals surface area contributed by atoms with Crippen LogP contribution in [0, 0.1) is 0 Å². The number of carbonyl (C=O) groups excluding carboxylic acids is 2. The minimum atomic E-state index is -0.196. The summed E-state index contributed by atoms with van der Waals surface area (Å²) >= 11 is 1.62. The number of hydrogen-bond acceptors (Lipinski definition) is 5. The van der Waals surface area contributed by atoms with Gasteiger partial charge in [0.15, 0.2) is 0 Å². The van der Waals surface area contributed by atoms with Crippen molar-refractivity contribution in [3.63, 3.8) is 0 Å². The lowest BCUT2D eigenvalue weighted by Crippen LogP contribution is -2.45. The van der Waals surface area contributed by atoms with Crippen LogP contribution in [0.5, 0.6) is 5.75 Å². The van der Waals surface area contributed by atoms with Crippen LogP contribution < -0.4 is 4.74 Å². The first kappa shape index (κ1) is 24.0. The molecule has 7 heteroatoms. The first-order valence-electron chi connectivity index (χ1n) is 11.5. The number of amides is 2. The Balaban J connectivity index is 1.55. The Kier molecular flexibility index (Phi) is 8.33. The average molecular weight is 479 g/mol. The van der Waals surface area contributed by atoms with Gasteiger partial charge in [-0.05, 0) is 48.1 Å². The van der Waals surface area contributed by atoms with Crippen LogP contribution in [0.1, 0.15) is 33.6 Å². The lowest BCUT2D eigenvalue weighted by atomic mass is 10.1. The number of ether oxygens (including phenoxy) is 2. The van der Waals surface area contributed by atoms with Gasteiger partial charge in [0.25, 0.3) is 5.91 Å². The largest absolute Gasteiger partial charge is 0.497 e. The number of benzene rings is 2. The van der Waals surface area contributed by atoms with Crippen molar-refractivity contribution in [1.29, 1.82) is 0 Å². The van der Waals surface area contributed by atoms with Crippen molar-refractivity contribution in [3.8, 4) is 5.75 Å². The maximum atomic E-state index is 13.6. The summed E-state index contributed by atoms with van der Waals surface area (Å²) in [7, 11) is 1.57. The van der Waals surface area contributed by atoms with Crippen LogP contribution in [-0.2, 0) is 22.6 Å². The Morgan fingerprint density at radius 1 is 1.03 bits per heavy atom. The molecule has 1 aliphatic heterocycles. The Morgan fingerprint density at radius 3 is 2.59 bits per heavy atom. The number of carbonyl (C=O) groups is 2. The maximum absolute atomic E-state index is 13.6. The third-order valence-electron chi connectivity index (χ3n) is 5.87. The second-order valence-corrected chi connectivity index (χ2v) is 9.40. The van der Waals surface area contributed by atoms with E-state index in [1.54, 1.807) is 47.6 Å². The molecule has 4 rings (SSSR count). The molecule has 0 aliphatic carbocycles. The average Bonchev–Trinajstić information content (AvgIpc) is 3.58. The van der Waals surface area contributed by atoms with E-state index >= 15 is 0 Å². The zero-order valence-corrected chi connectivity index (χ0v) is 20.2. The van der Waals surface area contributed by atoms with E-state index in [1.807, 2.05) is 52.7 Å². The number of rotatable bonds is 10. The first-order valence-corrected chi connectivity index (χ1v) is 12.4. The predicted octanol–water partition coefficient (Wildman–Crippen LogP) is 4.61. The zero-order chi connectivity index (χ0) is 23.8. The molecule has 2 aromatic carbocycles. The third-order valence-corrected chi connectivity index (χ3v) is 6.73. The van der Waals surface area contributed by atoms with Gasteiger partial charge >= 0.3 is 0 Å². The Morgan fingerprint density at radius 2 is 1.88 bits per heavy atom. The van der Waals surface area contributed by atoms with E-state index in [1.165, 1.54) is 0 Å². The molecular weight excluding hydrogens is 448 g/mol. The van der Waals surface area contributed by atoms with Gasteiger partial charge in [0.1, 0.15) is 12.3 Å². The summed E-state index contributed by atoms with van der Waals surface area (Å²) in [6.45, 7) is 2.07. The zero-order valence-electron chi connectivity index (χ0n) is 19.4. The monoisotopic (exact) mass is 478 g/mol. The molecule has 1 fully saturated rings. The summed E-state index contributed by atoms with van der Waals surface area (Å²) in [5.74, 6) is 0.322. The highest BCUT2D eigenvalue weighted by molar-refractivity contribution is 7.09. The normalized spacial score (nSPS) is 15.1. The standard InChI is InChI=1S/C27H30N2O4S/c1-32-23-11-5-10-22(16-23)27(31)29(18-24-12-6-14-33-24)20-26(30)28(19-25-13-7-15-34-25)17-21-8-3-2-4-9-21/h2-5,7-11,13,15-16,24H,6,12,14,17-20H2,1H3/t24-/m0/s1. The molecule has 6 nitrogen and oxygen atoms in total. The highest BCUT2D eigenvalue weighted by Crippen LogP contribution is 2.20. The highest BCUT2D eigenvalue weighted by Gasteiger charge is 2.27. The van der Waals surface area contributed by atoms with Gasteiger partial charge in [-0.25, -0.2) is 0 Å². The van der Waals surface area contributed by atoms with Crippen molar-refractivity contribution in [2.75, 3.05) is 26.8 Å². The van der Waals surface area contributed by atoms with Crippen molar-refractivity contribution in [2.45, 2.75) is 32.0 Å². The van der Waals surface area contributed by atoms with E-state index in [0.29, 0.717) is 37.6 Å². The third kappa shape index (κ3) is 6.46. The molecule has 1 aromatic heterocycles. The summed E-state index contributed by atoms with van der Waals surface area (Å²) in [6, 6.07) is 21.0. The summed E-state index contributed by atoms with van der Waals surface area (Å²) in [5, 5.41) is 2.01. The van der Waals surface area contributed by atoms with Crippen LogP contribution in [0.3, 0.4) is 0 Å². The minimum Gasteiger partial charge on any atom is -0.497 e. The van der Waals surface area contributed by atoms with Crippen LogP contribution >= 0.6 is 11.3 Å². The topological polar surface area (TPSA) is 59.1 Å². The number of nitrogens with zero attached hydrogens (tertiary/aromatic N) is 2. The summed E-state index contributed by atoms with van der Waals surface area (Å²) in [6.07, 6.45) is 1.80. The maximum Gasteiger partial charge on any atom is 0.254 e. The highest BCUT2D eigenvalue weighted by atomic mass is 32.1. The van der Waals surface area contributed by atoms with Crippen LogP contribution in [0.4, 0.5) is 0 Å². The van der Waals surface area contributed by atoms with Gasteiger partial charge in [-0.3, -0.25) is 9.59 Å². The second-order valence-electron chi connectivity index (χ2n) is 8.37. The van der Waals surface area contributed by atoms with Crippen molar-refractivity contribution in [1.82, 2.24) is 9.80 Å². The van der Waals surface area contributed by atoms with Gasteiger partial charge < -0.3 is 19.3 Å². The fourth-order valence-corrected chi connectivity index (χ4v) is 4.80. The summed E-state index contributed by atoms with van der Waals surface area (Å²) < 4.78 is 11.1. The fraction of sp³-hybridized carbons (Fsp3) is 0.333. The van der Waals surface area contributed by atoms with E-state index in [9.17, 15) is 9.59 Å². The Labute approximate surface area is 204 Å². The summed E-state index contributed by atoms with van der Waals surface area (Å²) in [4.78, 5) is 31.6. The minimum absolute atomic E-state index is 0.00584. The molecule has 0 N–H and O–H groups in total. The van der Waals surface area contributed by atoms with Gasteiger partial charge in [0, 0.05) is 30.1 Å². The number of methoxy groups -OCH3 is 1. The van der Waals surface area contributed by atoms with E-state index in [4.69, 9.17) is 9.47 Å². The molecule has 0 bridgehead atoms. The van der Waals surface area contributed by atoms with Gasteiger partial charge in [0.05, 0.1) is 19.8 Å². The smallest absolute Gasteiger partial charge is 0.254 e. The predicted molar refractivity (Wildman–Crippen MR) is 133 cm³/mol. The number of hydrogen-bond donors (Lipinski definition) is 0. The lowest BCUT2D eigenvalue weighted by Gasteiger charge is -2.29. The van der Waals surface area contributed by atoms with E-state index in [-0.39, 0.29) is 24.5 Å². The van der Waals surface area contributed by atoms with Gasteiger partial charge in [0.2, 0.25) is 5.91 Å². The molecule has 0 radical (unpaired) electrons. The Bertz CT molecular complexity index is 1070. The molecular formula is C27H30N2O4S. The van der Waals surface area contributed by atoms with Crippen LogP contribution in [0.15, 0.2) is 72.1 Å². The SMILES string of the molecule is COc1cccc(C(=O)N(CC(=O)N(Cc2ccccc2)Cc2cccs2)C[C@@H]2CCCO2)c1. The molecule has 0 unspecified atom stereocenters. The quantitative estimate of drug-likeness (QED) is 0.427. The molecule has 178 valence electrons. The first-order chi connectivity index (χ1) is 16.6.